The summed E-state index contributed by atoms with van der Waals surface area (Å²) >= 11 is 0. The largest absolute Gasteiger partial charge is 0.523 e. The Kier molecular flexibility index (Phi) is 4.27. The van der Waals surface area contributed by atoms with Gasteiger partial charge < -0.3 is 0 Å². The van der Waals surface area contributed by atoms with Crippen molar-refractivity contribution < 1.29 is 35.4 Å². The molecule has 138 valence electrons. The van der Waals surface area contributed by atoms with Gasteiger partial charge in [-0.3, -0.25) is 18.7 Å². The van der Waals surface area contributed by atoms with Crippen molar-refractivity contribution in [3.8, 4) is 0 Å². The predicted molar refractivity (Wildman–Crippen MR) is 84.8 cm³/mol. The number of halogens is 3. The molecule has 1 aliphatic heterocycles. The molecule has 0 bridgehead atoms. The number of hydrogen-bond acceptors (Lipinski definition) is 5. The standard InChI is InChI=1S/C16H12F3NO5S/c1-9(25-26(23,24)16(17,18)19)8-20-14(21)12-6-10-4-2-3-5-11(10)7-13(12)15(20)22/h2-7,9H,8H2,1H3/t9-/m0/s1. The zero-order valence-corrected chi connectivity index (χ0v) is 14.1. The lowest BCUT2D eigenvalue weighted by Crippen LogP contribution is -2.39. The molecular weight excluding hydrogens is 375 g/mol. The number of imide groups is 1. The van der Waals surface area contributed by atoms with Gasteiger partial charge in [0.2, 0.25) is 0 Å². The molecule has 0 N–H and O–H groups in total. The van der Waals surface area contributed by atoms with Crippen LogP contribution in [-0.4, -0.2) is 43.3 Å². The predicted octanol–water partition coefficient (Wildman–Crippen LogP) is 2.69. The lowest BCUT2D eigenvalue weighted by molar-refractivity contribution is -0.0571. The fourth-order valence-electron chi connectivity index (χ4n) is 2.70. The number of rotatable bonds is 4. The highest BCUT2D eigenvalue weighted by Crippen LogP contribution is 2.29. The van der Waals surface area contributed by atoms with Crippen molar-refractivity contribution in [2.75, 3.05) is 6.54 Å². The number of fused-ring (bicyclic) bond motifs is 2. The third-order valence-corrected chi connectivity index (χ3v) is 5.00. The van der Waals surface area contributed by atoms with Crippen LogP contribution < -0.4 is 0 Å². The number of carbonyl (C=O) groups excluding carboxylic acids is 2. The maximum absolute atomic E-state index is 12.4. The third kappa shape index (κ3) is 3.06. The van der Waals surface area contributed by atoms with Crippen LogP contribution in [0.5, 0.6) is 0 Å². The van der Waals surface area contributed by atoms with Gasteiger partial charge in [-0.1, -0.05) is 24.3 Å². The Bertz CT molecular complexity index is 962. The van der Waals surface area contributed by atoms with Gasteiger partial charge in [-0.25, -0.2) is 0 Å². The van der Waals surface area contributed by atoms with Crippen LogP contribution in [0.3, 0.4) is 0 Å². The van der Waals surface area contributed by atoms with E-state index >= 15 is 0 Å². The number of benzene rings is 2. The minimum absolute atomic E-state index is 0.111. The fraction of sp³-hybridized carbons (Fsp3) is 0.250. The molecular formula is C16H12F3NO5S. The van der Waals surface area contributed by atoms with Crippen molar-refractivity contribution in [2.24, 2.45) is 0 Å². The quantitative estimate of drug-likeness (QED) is 0.458. The van der Waals surface area contributed by atoms with E-state index in [9.17, 15) is 31.2 Å². The first-order chi connectivity index (χ1) is 12.0. The number of hydrogen-bond donors (Lipinski definition) is 0. The fourth-order valence-corrected chi connectivity index (χ4v) is 3.30. The van der Waals surface area contributed by atoms with Crippen molar-refractivity contribution in [3.63, 3.8) is 0 Å². The molecule has 26 heavy (non-hydrogen) atoms. The van der Waals surface area contributed by atoms with Crippen molar-refractivity contribution in [2.45, 2.75) is 18.5 Å². The van der Waals surface area contributed by atoms with E-state index in [1.54, 1.807) is 24.3 Å². The molecule has 10 heteroatoms. The van der Waals surface area contributed by atoms with Crippen molar-refractivity contribution in [1.29, 1.82) is 0 Å². The van der Waals surface area contributed by atoms with E-state index < -0.39 is 40.1 Å². The van der Waals surface area contributed by atoms with Crippen LogP contribution in [0, 0.1) is 0 Å². The summed E-state index contributed by atoms with van der Waals surface area (Å²) in [6.45, 7) is 0.404. The summed E-state index contributed by atoms with van der Waals surface area (Å²) in [4.78, 5) is 25.5. The lowest BCUT2D eigenvalue weighted by Gasteiger charge is -2.19. The Labute approximate surface area is 146 Å². The molecule has 0 unspecified atom stereocenters. The van der Waals surface area contributed by atoms with E-state index in [1.165, 1.54) is 12.1 Å². The summed E-state index contributed by atoms with van der Waals surface area (Å²) in [5.41, 5.74) is -5.36. The van der Waals surface area contributed by atoms with Gasteiger partial charge in [-0.15, -0.1) is 0 Å². The molecule has 0 aromatic heterocycles. The van der Waals surface area contributed by atoms with E-state index in [2.05, 4.69) is 4.18 Å². The van der Waals surface area contributed by atoms with Gasteiger partial charge in [0.1, 0.15) is 0 Å². The summed E-state index contributed by atoms with van der Waals surface area (Å²) in [7, 11) is -5.82. The summed E-state index contributed by atoms with van der Waals surface area (Å²) < 4.78 is 63.2. The second kappa shape index (κ2) is 6.06. The van der Waals surface area contributed by atoms with Crippen LogP contribution in [0.2, 0.25) is 0 Å². The monoisotopic (exact) mass is 387 g/mol. The van der Waals surface area contributed by atoms with E-state index in [1.807, 2.05) is 0 Å². The SMILES string of the molecule is C[C@@H](CN1C(=O)c2cc3ccccc3cc2C1=O)OS(=O)(=O)C(F)(F)F. The molecule has 1 atom stereocenters. The highest BCUT2D eigenvalue weighted by Gasteiger charge is 2.48. The van der Waals surface area contributed by atoms with Gasteiger partial charge in [0, 0.05) is 0 Å². The van der Waals surface area contributed by atoms with Gasteiger partial charge in [-0.2, -0.15) is 21.6 Å². The molecule has 2 amide bonds. The van der Waals surface area contributed by atoms with E-state index in [0.717, 1.165) is 17.7 Å². The maximum Gasteiger partial charge on any atom is 0.523 e. The molecule has 0 saturated carbocycles. The molecule has 0 saturated heterocycles. The molecule has 0 aliphatic carbocycles. The van der Waals surface area contributed by atoms with Crippen LogP contribution in [0.15, 0.2) is 36.4 Å². The second-order valence-corrected chi connectivity index (χ2v) is 7.34. The van der Waals surface area contributed by atoms with Crippen LogP contribution in [0.1, 0.15) is 27.6 Å². The first-order valence-corrected chi connectivity index (χ1v) is 8.80. The highest BCUT2D eigenvalue weighted by atomic mass is 32.2. The molecule has 2 aromatic rings. The van der Waals surface area contributed by atoms with Crippen molar-refractivity contribution in [3.05, 3.63) is 47.5 Å². The van der Waals surface area contributed by atoms with Crippen LogP contribution >= 0.6 is 0 Å². The zero-order chi connectivity index (χ0) is 19.3. The molecule has 3 rings (SSSR count). The summed E-state index contributed by atoms with van der Waals surface area (Å²) in [5, 5.41) is 1.44. The summed E-state index contributed by atoms with van der Waals surface area (Å²) in [6.07, 6.45) is -1.56. The maximum atomic E-state index is 12.4. The molecule has 1 aliphatic rings. The number of alkyl halides is 3. The minimum atomic E-state index is -5.82. The van der Waals surface area contributed by atoms with Crippen LogP contribution in [0.25, 0.3) is 10.8 Å². The van der Waals surface area contributed by atoms with Gasteiger partial charge in [0.05, 0.1) is 23.8 Å². The Hall–Kier alpha value is -2.46. The van der Waals surface area contributed by atoms with E-state index in [-0.39, 0.29) is 11.1 Å². The van der Waals surface area contributed by atoms with Gasteiger partial charge in [-0.05, 0) is 29.8 Å². The average molecular weight is 387 g/mol. The molecule has 6 nitrogen and oxygen atoms in total. The Morgan fingerprint density at radius 2 is 1.50 bits per heavy atom. The van der Waals surface area contributed by atoms with Crippen molar-refractivity contribution >= 4 is 32.7 Å². The van der Waals surface area contributed by atoms with Crippen LogP contribution in [-0.2, 0) is 14.3 Å². The normalized spacial score (nSPS) is 16.2. The molecule has 1 heterocycles. The minimum Gasteiger partial charge on any atom is -0.272 e. The lowest BCUT2D eigenvalue weighted by atomic mass is 10.0. The smallest absolute Gasteiger partial charge is 0.272 e. The molecule has 0 radical (unpaired) electrons. The summed E-state index contributed by atoms with van der Waals surface area (Å²) in [6, 6.07) is 10.0. The number of nitrogens with zero attached hydrogens (tertiary/aromatic N) is 1. The Balaban J connectivity index is 1.85. The van der Waals surface area contributed by atoms with Gasteiger partial charge in [0.15, 0.2) is 0 Å². The number of amides is 2. The average Bonchev–Trinajstić information content (AvgIpc) is 2.76. The van der Waals surface area contributed by atoms with E-state index in [0.29, 0.717) is 4.90 Å². The zero-order valence-electron chi connectivity index (χ0n) is 13.3. The van der Waals surface area contributed by atoms with Crippen molar-refractivity contribution in [1.82, 2.24) is 4.90 Å². The van der Waals surface area contributed by atoms with Gasteiger partial charge in [0.25, 0.3) is 11.8 Å². The summed E-state index contributed by atoms with van der Waals surface area (Å²) in [5.74, 6) is -1.42. The second-order valence-electron chi connectivity index (χ2n) is 5.77. The molecule has 0 fully saturated rings. The first kappa shape index (κ1) is 18.3. The molecule has 0 spiro atoms. The molecule has 2 aromatic carbocycles. The first-order valence-electron chi connectivity index (χ1n) is 7.40. The topological polar surface area (TPSA) is 80.8 Å². The van der Waals surface area contributed by atoms with E-state index in [4.69, 9.17) is 0 Å². The third-order valence-electron chi connectivity index (χ3n) is 3.85. The van der Waals surface area contributed by atoms with Crippen LogP contribution in [0.4, 0.5) is 13.2 Å². The van der Waals surface area contributed by atoms with Gasteiger partial charge >= 0.3 is 15.6 Å². The Morgan fingerprint density at radius 3 is 1.92 bits per heavy atom. The Morgan fingerprint density at radius 1 is 1.04 bits per heavy atom. The highest BCUT2D eigenvalue weighted by molar-refractivity contribution is 7.87. The number of carbonyl (C=O) groups is 2.